The number of carbonyl (C=O) groups is 3. The van der Waals surface area contributed by atoms with E-state index in [1.54, 1.807) is 0 Å². The van der Waals surface area contributed by atoms with Gasteiger partial charge in [-0.2, -0.15) is 0 Å². The summed E-state index contributed by atoms with van der Waals surface area (Å²) < 4.78 is 0. The van der Waals surface area contributed by atoms with E-state index in [-0.39, 0.29) is 42.5 Å². The van der Waals surface area contributed by atoms with Crippen molar-refractivity contribution in [2.45, 2.75) is 57.8 Å². The summed E-state index contributed by atoms with van der Waals surface area (Å²) in [6.07, 6.45) is 13.6. The summed E-state index contributed by atoms with van der Waals surface area (Å²) in [4.78, 5) is 38.8. The van der Waals surface area contributed by atoms with Crippen molar-refractivity contribution >= 4 is 17.7 Å². The minimum atomic E-state index is -0.197. The van der Waals surface area contributed by atoms with Gasteiger partial charge in [0.25, 0.3) is 0 Å². The van der Waals surface area contributed by atoms with E-state index in [9.17, 15) is 14.4 Å². The molecule has 4 bridgehead atoms. The Morgan fingerprint density at radius 3 is 2.00 bits per heavy atom. The van der Waals surface area contributed by atoms with Crippen molar-refractivity contribution in [3.63, 3.8) is 0 Å². The van der Waals surface area contributed by atoms with Crippen LogP contribution in [-0.2, 0) is 14.4 Å². The number of nitrogens with zero attached hydrogens (tertiary/aromatic N) is 1. The molecule has 0 unspecified atom stereocenters. The summed E-state index contributed by atoms with van der Waals surface area (Å²) in [7, 11) is 0. The normalized spacial score (nSPS) is 41.9. The van der Waals surface area contributed by atoms with E-state index in [0.717, 1.165) is 24.3 Å². The molecule has 5 fully saturated rings. The van der Waals surface area contributed by atoms with Gasteiger partial charge >= 0.3 is 0 Å². The lowest BCUT2D eigenvalue weighted by molar-refractivity contribution is -0.140. The molecule has 0 aromatic carbocycles. The fourth-order valence-electron chi connectivity index (χ4n) is 7.18. The molecule has 5 aliphatic carbocycles. The Morgan fingerprint density at radius 2 is 1.48 bits per heavy atom. The first-order chi connectivity index (χ1) is 13.0. The molecule has 1 aliphatic heterocycles. The first kappa shape index (κ1) is 17.4. The third-order valence-corrected chi connectivity index (χ3v) is 7.99. The van der Waals surface area contributed by atoms with E-state index in [0.29, 0.717) is 18.3 Å². The van der Waals surface area contributed by atoms with Crippen molar-refractivity contribution in [2.24, 2.45) is 35.0 Å². The fraction of sp³-hybridized carbons (Fsp3) is 0.773. The molecule has 1 N–H and O–H groups in total. The zero-order valence-corrected chi connectivity index (χ0v) is 16.0. The zero-order valence-electron chi connectivity index (χ0n) is 16.0. The molecule has 1 heterocycles. The van der Waals surface area contributed by atoms with Crippen LogP contribution in [0.4, 0.5) is 0 Å². The molecule has 6 rings (SSSR count). The third-order valence-electron chi connectivity index (χ3n) is 7.99. The predicted octanol–water partition coefficient (Wildman–Crippen LogP) is 2.66. The Bertz CT molecular complexity index is 636. The van der Waals surface area contributed by atoms with Crippen LogP contribution in [0.1, 0.15) is 57.8 Å². The molecule has 5 heteroatoms. The number of nitrogens with one attached hydrogen (secondary N) is 1. The van der Waals surface area contributed by atoms with Gasteiger partial charge in [-0.1, -0.05) is 12.2 Å². The zero-order chi connectivity index (χ0) is 18.6. The number of likely N-dealkylation sites (tertiary alicyclic amines) is 1. The van der Waals surface area contributed by atoms with E-state index in [1.807, 2.05) is 12.2 Å². The molecule has 27 heavy (non-hydrogen) atoms. The van der Waals surface area contributed by atoms with E-state index >= 15 is 0 Å². The molecular formula is C22H30N2O3. The topological polar surface area (TPSA) is 66.5 Å². The third kappa shape index (κ3) is 3.03. The van der Waals surface area contributed by atoms with Gasteiger partial charge < -0.3 is 5.32 Å². The van der Waals surface area contributed by atoms with Crippen molar-refractivity contribution in [3.05, 3.63) is 12.2 Å². The summed E-state index contributed by atoms with van der Waals surface area (Å²) in [5.74, 6) is 2.07. The molecule has 6 aliphatic rings. The van der Waals surface area contributed by atoms with E-state index in [4.69, 9.17) is 0 Å². The second kappa shape index (κ2) is 6.46. The van der Waals surface area contributed by atoms with Crippen LogP contribution < -0.4 is 5.32 Å². The molecule has 4 saturated carbocycles. The Balaban J connectivity index is 1.13. The number of allylic oxidation sites excluding steroid dienone is 2. The quantitative estimate of drug-likeness (QED) is 0.598. The molecule has 0 aromatic heterocycles. The smallest absolute Gasteiger partial charge is 0.233 e. The average molecular weight is 370 g/mol. The lowest BCUT2D eigenvalue weighted by atomic mass is 9.49. The highest BCUT2D eigenvalue weighted by Crippen LogP contribution is 2.59. The highest BCUT2D eigenvalue weighted by molar-refractivity contribution is 6.05. The molecule has 5 nitrogen and oxygen atoms in total. The number of imide groups is 1. The number of hydrogen-bond acceptors (Lipinski definition) is 3. The summed E-state index contributed by atoms with van der Waals surface area (Å²) >= 11 is 0. The number of amides is 3. The molecular weight excluding hydrogens is 340 g/mol. The second-order valence-electron chi connectivity index (χ2n) is 9.93. The Morgan fingerprint density at radius 1 is 0.963 bits per heavy atom. The van der Waals surface area contributed by atoms with Crippen LogP contribution in [0.25, 0.3) is 0 Å². The summed E-state index contributed by atoms with van der Waals surface area (Å²) in [6, 6.07) is 0. The van der Waals surface area contributed by atoms with Crippen LogP contribution in [0.15, 0.2) is 12.2 Å². The minimum absolute atomic E-state index is 0.0145. The summed E-state index contributed by atoms with van der Waals surface area (Å²) in [5.41, 5.74) is 0.324. The van der Waals surface area contributed by atoms with Gasteiger partial charge in [0.15, 0.2) is 0 Å². The first-order valence-corrected chi connectivity index (χ1v) is 10.8. The molecule has 146 valence electrons. The molecule has 3 amide bonds. The molecule has 2 atom stereocenters. The largest absolute Gasteiger partial charge is 0.355 e. The van der Waals surface area contributed by atoms with Gasteiger partial charge in [-0.3, -0.25) is 19.3 Å². The van der Waals surface area contributed by atoms with Gasteiger partial charge in [0, 0.05) is 19.5 Å². The van der Waals surface area contributed by atoms with Crippen molar-refractivity contribution in [3.8, 4) is 0 Å². The van der Waals surface area contributed by atoms with Crippen LogP contribution in [0.5, 0.6) is 0 Å². The van der Waals surface area contributed by atoms with Gasteiger partial charge in [-0.15, -0.1) is 0 Å². The van der Waals surface area contributed by atoms with Gasteiger partial charge in [-0.25, -0.2) is 0 Å². The molecule has 0 spiro atoms. The maximum atomic E-state index is 12.5. The van der Waals surface area contributed by atoms with Crippen molar-refractivity contribution in [1.29, 1.82) is 0 Å². The maximum Gasteiger partial charge on any atom is 0.233 e. The predicted molar refractivity (Wildman–Crippen MR) is 100 cm³/mol. The minimum Gasteiger partial charge on any atom is -0.355 e. The maximum absolute atomic E-state index is 12.5. The second-order valence-corrected chi connectivity index (χ2v) is 9.93. The number of fused-ring (bicyclic) bond motifs is 1. The average Bonchev–Trinajstić information content (AvgIpc) is 2.88. The Hall–Kier alpha value is -1.65. The van der Waals surface area contributed by atoms with Crippen LogP contribution >= 0.6 is 0 Å². The number of carbonyl (C=O) groups excluding carboxylic acids is 3. The van der Waals surface area contributed by atoms with E-state index in [2.05, 4.69) is 5.32 Å². The highest BCUT2D eigenvalue weighted by atomic mass is 16.2. The fourth-order valence-corrected chi connectivity index (χ4v) is 7.18. The van der Waals surface area contributed by atoms with Gasteiger partial charge in [0.05, 0.1) is 11.8 Å². The van der Waals surface area contributed by atoms with Crippen LogP contribution in [-0.4, -0.2) is 35.7 Å². The monoisotopic (exact) mass is 370 g/mol. The van der Waals surface area contributed by atoms with Gasteiger partial charge in [0.2, 0.25) is 17.7 Å². The van der Waals surface area contributed by atoms with Gasteiger partial charge in [0.1, 0.15) is 0 Å². The van der Waals surface area contributed by atoms with Crippen molar-refractivity contribution in [2.75, 3.05) is 13.1 Å². The van der Waals surface area contributed by atoms with Crippen LogP contribution in [0.2, 0.25) is 0 Å². The van der Waals surface area contributed by atoms with Crippen molar-refractivity contribution < 1.29 is 14.4 Å². The highest BCUT2D eigenvalue weighted by Gasteiger charge is 2.51. The lowest BCUT2D eigenvalue weighted by Gasteiger charge is -2.56. The van der Waals surface area contributed by atoms with Crippen LogP contribution in [0.3, 0.4) is 0 Å². The summed E-state index contributed by atoms with van der Waals surface area (Å²) in [5, 5.41) is 3.16. The Labute approximate surface area is 160 Å². The lowest BCUT2D eigenvalue weighted by Crippen LogP contribution is -2.51. The summed E-state index contributed by atoms with van der Waals surface area (Å²) in [6.45, 7) is 1.02. The van der Waals surface area contributed by atoms with E-state index < -0.39 is 0 Å². The molecule has 0 radical (unpaired) electrons. The van der Waals surface area contributed by atoms with Crippen LogP contribution in [0, 0.1) is 35.0 Å². The standard InChI is InChI=1S/C22H30N2O3/c25-19(5-6-24-20(26)17-3-1-2-4-18(17)21(24)27)23-13-22-10-14-7-15(11-22)9-16(8-14)12-22/h1-2,14-18H,3-13H2,(H,23,25)/t14?,15?,16?,17-,18-,22?/m1/s1. The number of rotatable bonds is 5. The first-order valence-electron chi connectivity index (χ1n) is 10.8. The molecule has 0 aromatic rings. The Kier molecular flexibility index (Phi) is 4.17. The van der Waals surface area contributed by atoms with Crippen molar-refractivity contribution in [1.82, 2.24) is 10.2 Å². The molecule has 1 saturated heterocycles. The van der Waals surface area contributed by atoms with E-state index in [1.165, 1.54) is 43.4 Å². The SMILES string of the molecule is O=C(CCN1C(=O)[C@@H]2CC=CC[C@H]2C1=O)NCC12CC3CC(CC(C3)C1)C2. The van der Waals surface area contributed by atoms with Gasteiger partial charge in [-0.05, 0) is 74.5 Å². The number of hydrogen-bond donors (Lipinski definition) is 1.